The second-order valence-corrected chi connectivity index (χ2v) is 14.1. The van der Waals surface area contributed by atoms with Crippen LogP contribution in [0, 0.1) is 0 Å². The fourth-order valence-electron chi connectivity index (χ4n) is 8.00. The molecule has 0 fully saturated rings. The van der Waals surface area contributed by atoms with Crippen molar-refractivity contribution in [3.63, 3.8) is 0 Å². The maximum atomic E-state index is 6.43. The molecule has 0 amide bonds. The summed E-state index contributed by atoms with van der Waals surface area (Å²) in [5.41, 5.74) is 16.7. The van der Waals surface area contributed by atoms with Crippen molar-refractivity contribution >= 4 is 39.0 Å². The third kappa shape index (κ3) is 6.14. The van der Waals surface area contributed by atoms with E-state index in [1.54, 1.807) is 0 Å². The third-order valence-electron chi connectivity index (χ3n) is 10.7. The molecule has 0 atom stereocenters. The summed E-state index contributed by atoms with van der Waals surface area (Å²) in [7, 11) is 0. The number of fused-ring (bicyclic) bond motifs is 3. The predicted molar refractivity (Wildman–Crippen MR) is 236 cm³/mol. The van der Waals surface area contributed by atoms with Gasteiger partial charge in [-0.2, -0.15) is 0 Å². The van der Waals surface area contributed by atoms with Crippen LogP contribution in [-0.4, -0.2) is 0 Å². The van der Waals surface area contributed by atoms with Gasteiger partial charge in [0.15, 0.2) is 0 Å². The highest BCUT2D eigenvalue weighted by atomic mass is 16.3. The van der Waals surface area contributed by atoms with Crippen LogP contribution in [0.15, 0.2) is 229 Å². The summed E-state index contributed by atoms with van der Waals surface area (Å²) < 4.78 is 6.43. The molecule has 0 unspecified atom stereocenters. The number of furan rings is 1. The third-order valence-corrected chi connectivity index (χ3v) is 10.7. The molecular formula is C54H37NO. The normalized spacial score (nSPS) is 11.2. The maximum Gasteiger partial charge on any atom is 0.143 e. The molecule has 1 heterocycles. The first-order chi connectivity index (χ1) is 27.8. The van der Waals surface area contributed by atoms with E-state index >= 15 is 0 Å². The van der Waals surface area contributed by atoms with Gasteiger partial charge in [-0.05, 0) is 92.5 Å². The molecule has 264 valence electrons. The van der Waals surface area contributed by atoms with E-state index in [1.807, 2.05) is 12.1 Å². The number of para-hydroxylation sites is 2. The zero-order chi connectivity index (χ0) is 37.3. The van der Waals surface area contributed by atoms with Gasteiger partial charge in [0.25, 0.3) is 0 Å². The minimum Gasteiger partial charge on any atom is -0.455 e. The van der Waals surface area contributed by atoms with Crippen molar-refractivity contribution in [1.82, 2.24) is 0 Å². The highest BCUT2D eigenvalue weighted by molar-refractivity contribution is 6.09. The van der Waals surface area contributed by atoms with Gasteiger partial charge in [0.05, 0.1) is 0 Å². The van der Waals surface area contributed by atoms with Crippen LogP contribution in [0.4, 0.5) is 17.1 Å². The van der Waals surface area contributed by atoms with Crippen LogP contribution < -0.4 is 4.90 Å². The van der Waals surface area contributed by atoms with E-state index < -0.39 is 0 Å². The summed E-state index contributed by atoms with van der Waals surface area (Å²) in [5.74, 6) is 0. The molecule has 10 aromatic rings. The molecule has 0 saturated carbocycles. The average Bonchev–Trinajstić information content (AvgIpc) is 3.67. The van der Waals surface area contributed by atoms with Gasteiger partial charge in [-0.25, -0.2) is 0 Å². The largest absolute Gasteiger partial charge is 0.455 e. The molecule has 56 heavy (non-hydrogen) atoms. The lowest BCUT2D eigenvalue weighted by atomic mass is 9.89. The summed E-state index contributed by atoms with van der Waals surface area (Å²) in [6.07, 6.45) is 0. The zero-order valence-corrected chi connectivity index (χ0v) is 30.7. The van der Waals surface area contributed by atoms with Crippen LogP contribution in [-0.2, 0) is 0 Å². The van der Waals surface area contributed by atoms with Crippen LogP contribution in [0.2, 0.25) is 0 Å². The Kier molecular flexibility index (Phi) is 8.55. The van der Waals surface area contributed by atoms with E-state index in [1.165, 1.54) is 44.5 Å². The van der Waals surface area contributed by atoms with Crippen molar-refractivity contribution in [1.29, 1.82) is 0 Å². The molecule has 2 nitrogen and oxygen atoms in total. The van der Waals surface area contributed by atoms with Crippen LogP contribution in [0.5, 0.6) is 0 Å². The lowest BCUT2D eigenvalue weighted by molar-refractivity contribution is 0.670. The lowest BCUT2D eigenvalue weighted by Gasteiger charge is -2.27. The smallest absolute Gasteiger partial charge is 0.143 e. The van der Waals surface area contributed by atoms with Crippen molar-refractivity contribution in [3.8, 4) is 55.6 Å². The summed E-state index contributed by atoms with van der Waals surface area (Å²) in [6.45, 7) is 0. The minimum atomic E-state index is 0.903. The molecule has 0 aliphatic heterocycles. The Morgan fingerprint density at radius 3 is 1.39 bits per heavy atom. The molecule has 0 saturated heterocycles. The van der Waals surface area contributed by atoms with Crippen molar-refractivity contribution in [2.75, 3.05) is 4.90 Å². The molecule has 0 aliphatic carbocycles. The van der Waals surface area contributed by atoms with Crippen molar-refractivity contribution < 1.29 is 4.42 Å². The lowest BCUT2D eigenvalue weighted by Crippen LogP contribution is -2.10. The van der Waals surface area contributed by atoms with Gasteiger partial charge < -0.3 is 9.32 Å². The first kappa shape index (κ1) is 33.2. The molecule has 0 radical (unpaired) electrons. The molecular weight excluding hydrogens is 679 g/mol. The van der Waals surface area contributed by atoms with E-state index in [4.69, 9.17) is 4.42 Å². The molecule has 1 aromatic heterocycles. The molecule has 0 bridgehead atoms. The summed E-state index contributed by atoms with van der Waals surface area (Å²) in [5, 5.41) is 2.26. The van der Waals surface area contributed by atoms with Crippen molar-refractivity contribution in [2.24, 2.45) is 0 Å². The summed E-state index contributed by atoms with van der Waals surface area (Å²) >= 11 is 0. The molecule has 2 heteroatoms. The van der Waals surface area contributed by atoms with Gasteiger partial charge in [0.2, 0.25) is 0 Å². The highest BCUT2D eigenvalue weighted by Crippen LogP contribution is 2.44. The fraction of sp³-hybridized carbons (Fsp3) is 0. The van der Waals surface area contributed by atoms with E-state index in [2.05, 4.69) is 217 Å². The highest BCUT2D eigenvalue weighted by Gasteiger charge is 2.19. The van der Waals surface area contributed by atoms with Gasteiger partial charge in [-0.15, -0.1) is 0 Å². The second-order valence-electron chi connectivity index (χ2n) is 14.1. The monoisotopic (exact) mass is 715 g/mol. The standard InChI is InChI=1S/C54H37NO/c1-4-15-38(16-5-1)39-27-31-43(32-28-39)55(44-33-29-42(30-34-44)47-24-14-25-51-50-23-12-13-26-53(50)56-54(47)51)45-35-36-49(52(37-45)41-19-8-3-9-20-41)48-22-11-10-21-46(48)40-17-6-2-7-18-40/h1-37H. The number of nitrogens with zero attached hydrogens (tertiary/aromatic N) is 1. The van der Waals surface area contributed by atoms with Gasteiger partial charge in [-0.3, -0.25) is 0 Å². The molecule has 0 spiro atoms. The van der Waals surface area contributed by atoms with Crippen LogP contribution in [0.3, 0.4) is 0 Å². The Hall–Kier alpha value is -7.42. The van der Waals surface area contributed by atoms with Gasteiger partial charge >= 0.3 is 0 Å². The number of hydrogen-bond donors (Lipinski definition) is 0. The number of anilines is 3. The van der Waals surface area contributed by atoms with E-state index in [0.29, 0.717) is 0 Å². The summed E-state index contributed by atoms with van der Waals surface area (Å²) in [4.78, 5) is 2.36. The van der Waals surface area contributed by atoms with Crippen molar-refractivity contribution in [2.45, 2.75) is 0 Å². The van der Waals surface area contributed by atoms with Gasteiger partial charge in [0.1, 0.15) is 11.2 Å². The predicted octanol–water partition coefficient (Wildman–Crippen LogP) is 15.4. The zero-order valence-electron chi connectivity index (χ0n) is 30.7. The number of hydrogen-bond acceptors (Lipinski definition) is 2. The maximum absolute atomic E-state index is 6.43. The van der Waals surface area contributed by atoms with Crippen LogP contribution in [0.25, 0.3) is 77.6 Å². The van der Waals surface area contributed by atoms with E-state index in [-0.39, 0.29) is 0 Å². The molecule has 0 N–H and O–H groups in total. The quantitative estimate of drug-likeness (QED) is 0.156. The van der Waals surface area contributed by atoms with E-state index in [9.17, 15) is 0 Å². The van der Waals surface area contributed by atoms with E-state index in [0.717, 1.165) is 50.1 Å². The molecule has 10 rings (SSSR count). The molecule has 0 aliphatic rings. The first-order valence-electron chi connectivity index (χ1n) is 19.1. The molecule has 9 aromatic carbocycles. The van der Waals surface area contributed by atoms with Crippen LogP contribution in [0.1, 0.15) is 0 Å². The fourth-order valence-corrected chi connectivity index (χ4v) is 8.00. The Morgan fingerprint density at radius 2 is 0.714 bits per heavy atom. The minimum absolute atomic E-state index is 0.903. The SMILES string of the molecule is c1ccc(-c2ccc(N(c3ccc(-c4cccc5c4oc4ccccc45)cc3)c3ccc(-c4ccccc4-c4ccccc4)c(-c4ccccc4)c3)cc2)cc1. The van der Waals surface area contributed by atoms with Crippen molar-refractivity contribution in [3.05, 3.63) is 224 Å². The van der Waals surface area contributed by atoms with Gasteiger partial charge in [-0.1, -0.05) is 182 Å². The summed E-state index contributed by atoms with van der Waals surface area (Å²) in [6, 6.07) is 80.0. The Balaban J connectivity index is 1.12. The second kappa shape index (κ2) is 14.4. The topological polar surface area (TPSA) is 16.4 Å². The Bertz CT molecular complexity index is 2930. The Morgan fingerprint density at radius 1 is 0.268 bits per heavy atom. The van der Waals surface area contributed by atoms with Gasteiger partial charge in [0, 0.05) is 33.4 Å². The average molecular weight is 716 g/mol. The first-order valence-corrected chi connectivity index (χ1v) is 19.1. The van der Waals surface area contributed by atoms with Crippen LogP contribution >= 0.6 is 0 Å². The number of rotatable bonds is 8. The number of benzene rings is 9. The Labute approximate surface area is 327 Å².